The molecule has 2 aliphatic rings. The summed E-state index contributed by atoms with van der Waals surface area (Å²) in [5, 5.41) is 0. The van der Waals surface area contributed by atoms with Gasteiger partial charge in [-0.3, -0.25) is 9.59 Å². The summed E-state index contributed by atoms with van der Waals surface area (Å²) in [7, 11) is 1.80. The molecule has 2 amide bonds. The minimum absolute atomic E-state index is 0.0947. The van der Waals surface area contributed by atoms with Crippen molar-refractivity contribution in [1.82, 2.24) is 9.80 Å². The van der Waals surface area contributed by atoms with E-state index in [9.17, 15) is 18.4 Å². The first-order chi connectivity index (χ1) is 12.9. The van der Waals surface area contributed by atoms with Crippen LogP contribution in [0.1, 0.15) is 44.6 Å². The third-order valence-corrected chi connectivity index (χ3v) is 5.95. The Morgan fingerprint density at radius 1 is 1.19 bits per heavy atom. The lowest BCUT2D eigenvalue weighted by molar-refractivity contribution is -0.137. The predicted octanol–water partition coefficient (Wildman–Crippen LogP) is 3.39. The van der Waals surface area contributed by atoms with Crippen molar-refractivity contribution >= 4 is 11.8 Å². The van der Waals surface area contributed by atoms with Crippen LogP contribution in [0.25, 0.3) is 0 Å². The van der Waals surface area contributed by atoms with Crippen LogP contribution >= 0.6 is 0 Å². The molecule has 1 saturated heterocycles. The SMILES string of the molecule is CCC(=O)N1CCC([C@H](Cc2ccc(F)cc2F)N(C)C(=O)C2CC2)CC1. The monoisotopic (exact) mass is 378 g/mol. The van der Waals surface area contributed by atoms with Gasteiger partial charge in [0.25, 0.3) is 0 Å². The maximum absolute atomic E-state index is 14.2. The predicted molar refractivity (Wildman–Crippen MR) is 98.9 cm³/mol. The number of hydrogen-bond donors (Lipinski definition) is 0. The number of benzene rings is 1. The van der Waals surface area contributed by atoms with Crippen molar-refractivity contribution in [3.63, 3.8) is 0 Å². The van der Waals surface area contributed by atoms with Gasteiger partial charge in [-0.1, -0.05) is 13.0 Å². The molecule has 0 unspecified atom stereocenters. The van der Waals surface area contributed by atoms with E-state index in [1.165, 1.54) is 12.1 Å². The third-order valence-electron chi connectivity index (χ3n) is 5.95. The highest BCUT2D eigenvalue weighted by atomic mass is 19.1. The molecule has 4 nitrogen and oxygen atoms in total. The van der Waals surface area contributed by atoms with Crippen molar-refractivity contribution in [3.05, 3.63) is 35.4 Å². The maximum Gasteiger partial charge on any atom is 0.225 e. The number of rotatable bonds is 6. The average molecular weight is 378 g/mol. The Balaban J connectivity index is 1.75. The van der Waals surface area contributed by atoms with Gasteiger partial charge in [0.15, 0.2) is 0 Å². The molecule has 27 heavy (non-hydrogen) atoms. The lowest BCUT2D eigenvalue weighted by Gasteiger charge is -2.40. The first-order valence-corrected chi connectivity index (χ1v) is 9.89. The molecule has 1 aromatic carbocycles. The van der Waals surface area contributed by atoms with Crippen molar-refractivity contribution in [2.75, 3.05) is 20.1 Å². The first-order valence-electron chi connectivity index (χ1n) is 9.89. The highest BCUT2D eigenvalue weighted by molar-refractivity contribution is 5.81. The molecular formula is C21H28F2N2O2. The van der Waals surface area contributed by atoms with Crippen LogP contribution in [0.3, 0.4) is 0 Å². The first kappa shape index (κ1) is 19.8. The summed E-state index contributed by atoms with van der Waals surface area (Å²) in [4.78, 5) is 28.2. The molecule has 0 N–H and O–H groups in total. The molecular weight excluding hydrogens is 350 g/mol. The molecule has 148 valence electrons. The summed E-state index contributed by atoms with van der Waals surface area (Å²) in [6.07, 6.45) is 4.29. The zero-order chi connectivity index (χ0) is 19.6. The van der Waals surface area contributed by atoms with E-state index in [0.717, 1.165) is 31.7 Å². The molecule has 0 spiro atoms. The van der Waals surface area contributed by atoms with Gasteiger partial charge in [-0.25, -0.2) is 8.78 Å². The largest absolute Gasteiger partial charge is 0.343 e. The molecule has 1 aromatic rings. The molecule has 0 aromatic heterocycles. The molecule has 1 saturated carbocycles. The van der Waals surface area contributed by atoms with Gasteiger partial charge in [-0.15, -0.1) is 0 Å². The van der Waals surface area contributed by atoms with E-state index in [-0.39, 0.29) is 29.7 Å². The summed E-state index contributed by atoms with van der Waals surface area (Å²) < 4.78 is 27.5. The average Bonchev–Trinajstić information content (AvgIpc) is 3.51. The Morgan fingerprint density at radius 3 is 2.41 bits per heavy atom. The van der Waals surface area contributed by atoms with Gasteiger partial charge in [0.05, 0.1) is 0 Å². The van der Waals surface area contributed by atoms with Crippen LogP contribution in [0, 0.1) is 23.5 Å². The lowest BCUT2D eigenvalue weighted by Crippen LogP contribution is -2.48. The molecule has 6 heteroatoms. The topological polar surface area (TPSA) is 40.6 Å². The molecule has 1 aliphatic heterocycles. The van der Waals surface area contributed by atoms with Gasteiger partial charge in [0.2, 0.25) is 11.8 Å². The van der Waals surface area contributed by atoms with E-state index < -0.39 is 11.6 Å². The fraction of sp³-hybridized carbons (Fsp3) is 0.619. The second-order valence-electron chi connectivity index (χ2n) is 7.80. The second kappa shape index (κ2) is 8.36. The van der Waals surface area contributed by atoms with Crippen molar-refractivity contribution in [3.8, 4) is 0 Å². The number of halogens is 2. The van der Waals surface area contributed by atoms with Gasteiger partial charge in [0, 0.05) is 44.6 Å². The molecule has 1 aliphatic carbocycles. The number of likely N-dealkylation sites (tertiary alicyclic amines) is 1. The van der Waals surface area contributed by atoms with E-state index in [2.05, 4.69) is 0 Å². The zero-order valence-electron chi connectivity index (χ0n) is 16.1. The number of nitrogens with zero attached hydrogens (tertiary/aromatic N) is 2. The molecule has 0 radical (unpaired) electrons. The Morgan fingerprint density at radius 2 is 1.85 bits per heavy atom. The summed E-state index contributed by atoms with van der Waals surface area (Å²) in [6.45, 7) is 3.20. The van der Waals surface area contributed by atoms with Crippen LogP contribution in [0.15, 0.2) is 18.2 Å². The number of likely N-dealkylation sites (N-methyl/N-ethyl adjacent to an activating group) is 1. The van der Waals surface area contributed by atoms with Crippen molar-refractivity contribution in [2.45, 2.75) is 51.5 Å². The summed E-state index contributed by atoms with van der Waals surface area (Å²) in [6, 6.07) is 3.50. The van der Waals surface area contributed by atoms with Crippen LogP contribution in [0.5, 0.6) is 0 Å². The van der Waals surface area contributed by atoms with Gasteiger partial charge >= 0.3 is 0 Å². The second-order valence-corrected chi connectivity index (χ2v) is 7.80. The van der Waals surface area contributed by atoms with Crippen molar-refractivity contribution in [2.24, 2.45) is 11.8 Å². The maximum atomic E-state index is 14.2. The molecule has 2 fully saturated rings. The molecule has 3 rings (SSSR count). The van der Waals surface area contributed by atoms with Crippen molar-refractivity contribution < 1.29 is 18.4 Å². The minimum atomic E-state index is -0.596. The van der Waals surface area contributed by atoms with E-state index in [1.54, 1.807) is 11.9 Å². The van der Waals surface area contributed by atoms with Gasteiger partial charge < -0.3 is 9.80 Å². The molecule has 1 atom stereocenters. The lowest BCUT2D eigenvalue weighted by atomic mass is 9.84. The van der Waals surface area contributed by atoms with Gasteiger partial charge in [-0.05, 0) is 49.7 Å². The Kier molecular flexibility index (Phi) is 6.12. The Bertz CT molecular complexity index is 697. The molecule has 1 heterocycles. The van der Waals surface area contributed by atoms with Crippen molar-refractivity contribution in [1.29, 1.82) is 0 Å². The standard InChI is InChI=1S/C21H28F2N2O2/c1-3-20(26)25-10-8-14(9-11-25)19(24(2)21(27)15-4-5-15)12-16-6-7-17(22)13-18(16)23/h6-7,13-15,19H,3-5,8-12H2,1-2H3/t19-/m0/s1. The Labute approximate surface area is 159 Å². The van der Waals surface area contributed by atoms with Crippen LogP contribution in [0.2, 0.25) is 0 Å². The number of piperidine rings is 1. The number of amides is 2. The van der Waals surface area contributed by atoms with E-state index >= 15 is 0 Å². The number of hydrogen-bond acceptors (Lipinski definition) is 2. The summed E-state index contributed by atoms with van der Waals surface area (Å²) in [5.74, 6) is -0.598. The van der Waals surface area contributed by atoms with E-state index in [0.29, 0.717) is 31.5 Å². The van der Waals surface area contributed by atoms with Crippen LogP contribution in [-0.4, -0.2) is 47.8 Å². The summed E-state index contributed by atoms with van der Waals surface area (Å²) in [5.41, 5.74) is 0.434. The van der Waals surface area contributed by atoms with Crippen LogP contribution < -0.4 is 0 Å². The van der Waals surface area contributed by atoms with Crippen LogP contribution in [-0.2, 0) is 16.0 Å². The van der Waals surface area contributed by atoms with E-state index in [1.807, 2.05) is 11.8 Å². The molecule has 0 bridgehead atoms. The minimum Gasteiger partial charge on any atom is -0.343 e. The third kappa shape index (κ3) is 4.66. The fourth-order valence-electron chi connectivity index (χ4n) is 4.07. The number of carbonyl (C=O) groups excluding carboxylic acids is 2. The normalized spacial score (nSPS) is 19.0. The quantitative estimate of drug-likeness (QED) is 0.761. The zero-order valence-corrected chi connectivity index (χ0v) is 16.1. The highest BCUT2D eigenvalue weighted by Gasteiger charge is 2.38. The van der Waals surface area contributed by atoms with Gasteiger partial charge in [-0.2, -0.15) is 0 Å². The summed E-state index contributed by atoms with van der Waals surface area (Å²) >= 11 is 0. The Hall–Kier alpha value is -1.98. The smallest absolute Gasteiger partial charge is 0.225 e. The van der Waals surface area contributed by atoms with Crippen LogP contribution in [0.4, 0.5) is 8.78 Å². The number of carbonyl (C=O) groups is 2. The van der Waals surface area contributed by atoms with E-state index in [4.69, 9.17) is 0 Å². The fourth-order valence-corrected chi connectivity index (χ4v) is 4.07. The highest BCUT2D eigenvalue weighted by Crippen LogP contribution is 2.34. The van der Waals surface area contributed by atoms with Gasteiger partial charge in [0.1, 0.15) is 11.6 Å².